The summed E-state index contributed by atoms with van der Waals surface area (Å²) >= 11 is 1.81. The molecule has 2 aromatic rings. The Bertz CT molecular complexity index is 1070. The van der Waals surface area contributed by atoms with Crippen molar-refractivity contribution in [1.29, 1.82) is 5.26 Å². The summed E-state index contributed by atoms with van der Waals surface area (Å²) in [7, 11) is 2.08. The van der Waals surface area contributed by atoms with Gasteiger partial charge in [-0.05, 0) is 53.1 Å². The Balaban J connectivity index is 1.66. The van der Waals surface area contributed by atoms with Gasteiger partial charge in [-0.1, -0.05) is 18.2 Å². The Labute approximate surface area is 187 Å². The first kappa shape index (κ1) is 20.6. The summed E-state index contributed by atoms with van der Waals surface area (Å²) in [5.74, 6) is 1.03. The number of nitrogens with one attached hydrogen (secondary N) is 1. The van der Waals surface area contributed by atoms with E-state index >= 15 is 0 Å². The minimum Gasteiger partial charge on any atom is -0.375 e. The molecule has 1 atom stereocenters. The van der Waals surface area contributed by atoms with E-state index in [9.17, 15) is 4.39 Å². The quantitative estimate of drug-likeness (QED) is 0.737. The molecule has 5 rings (SSSR count). The van der Waals surface area contributed by atoms with Gasteiger partial charge in [0.2, 0.25) is 0 Å². The number of nitrogens with zero attached hydrogens (tertiary/aromatic N) is 2. The predicted molar refractivity (Wildman–Crippen MR) is 123 cm³/mol. The average molecular weight is 436 g/mol. The predicted octanol–water partition coefficient (Wildman–Crippen LogP) is 4.71. The molecular formula is C25H26FN3OS. The van der Waals surface area contributed by atoms with Crippen LogP contribution in [0.15, 0.2) is 36.5 Å². The van der Waals surface area contributed by atoms with Crippen LogP contribution in [0.5, 0.6) is 0 Å². The molecule has 160 valence electrons. The molecule has 1 unspecified atom stereocenters. The van der Waals surface area contributed by atoms with Crippen LogP contribution in [-0.2, 0) is 11.2 Å². The maximum atomic E-state index is 14.6. The standard InChI is InChI=1S/C25H26FN3OS/c1-29-14-24(31-15-29)25-20(9-21-13-28-6-7-30-21)8-19(16-2-3-16)10-22(25)17-4-5-18(12-27)23(26)11-17/h4-5,8,10-11,14,16,21,28H,2-3,6-7,9,13,15H2,1H3. The lowest BCUT2D eigenvalue weighted by atomic mass is 9.88. The molecule has 0 bridgehead atoms. The lowest BCUT2D eigenvalue weighted by Crippen LogP contribution is -2.39. The molecule has 1 N–H and O–H groups in total. The van der Waals surface area contributed by atoms with Crippen LogP contribution in [0, 0.1) is 17.1 Å². The number of nitriles is 1. The van der Waals surface area contributed by atoms with Crippen molar-refractivity contribution in [2.45, 2.75) is 31.3 Å². The second-order valence-corrected chi connectivity index (χ2v) is 9.59. The van der Waals surface area contributed by atoms with Crippen molar-refractivity contribution in [2.24, 2.45) is 0 Å². The van der Waals surface area contributed by atoms with E-state index in [4.69, 9.17) is 10.00 Å². The highest BCUT2D eigenvalue weighted by Gasteiger charge is 2.29. The minimum atomic E-state index is -0.464. The van der Waals surface area contributed by atoms with Gasteiger partial charge in [0, 0.05) is 43.2 Å². The fraction of sp³-hybridized carbons (Fsp3) is 0.400. The van der Waals surface area contributed by atoms with E-state index in [0.717, 1.165) is 43.1 Å². The molecule has 6 heteroatoms. The van der Waals surface area contributed by atoms with Gasteiger partial charge in [-0.15, -0.1) is 11.8 Å². The van der Waals surface area contributed by atoms with Crippen LogP contribution in [0.25, 0.3) is 16.0 Å². The lowest BCUT2D eigenvalue weighted by Gasteiger charge is -2.26. The Morgan fingerprint density at radius 3 is 2.81 bits per heavy atom. The van der Waals surface area contributed by atoms with Gasteiger partial charge in [-0.2, -0.15) is 5.26 Å². The number of benzene rings is 2. The maximum Gasteiger partial charge on any atom is 0.141 e. The molecule has 2 aromatic carbocycles. The molecule has 2 heterocycles. The summed E-state index contributed by atoms with van der Waals surface area (Å²) in [6, 6.07) is 11.5. The molecule has 31 heavy (non-hydrogen) atoms. The van der Waals surface area contributed by atoms with Crippen LogP contribution in [0.3, 0.4) is 0 Å². The molecule has 0 radical (unpaired) electrons. The van der Waals surface area contributed by atoms with Crippen LogP contribution < -0.4 is 5.32 Å². The van der Waals surface area contributed by atoms with Crippen LogP contribution in [-0.4, -0.2) is 43.6 Å². The Kier molecular flexibility index (Phi) is 5.75. The lowest BCUT2D eigenvalue weighted by molar-refractivity contribution is 0.0292. The van der Waals surface area contributed by atoms with Crippen molar-refractivity contribution in [3.05, 3.63) is 64.6 Å². The van der Waals surface area contributed by atoms with Gasteiger partial charge >= 0.3 is 0 Å². The number of hydrogen-bond donors (Lipinski definition) is 1. The first-order valence-electron chi connectivity index (χ1n) is 10.9. The Morgan fingerprint density at radius 2 is 2.16 bits per heavy atom. The molecule has 1 saturated heterocycles. The van der Waals surface area contributed by atoms with Gasteiger partial charge in [0.25, 0.3) is 0 Å². The van der Waals surface area contributed by atoms with E-state index in [0.29, 0.717) is 5.92 Å². The third-order valence-corrected chi connectivity index (χ3v) is 7.31. The van der Waals surface area contributed by atoms with E-state index < -0.39 is 5.82 Å². The minimum absolute atomic E-state index is 0.0831. The van der Waals surface area contributed by atoms with Gasteiger partial charge in [-0.25, -0.2) is 4.39 Å². The van der Waals surface area contributed by atoms with Crippen LogP contribution >= 0.6 is 11.8 Å². The van der Waals surface area contributed by atoms with Crippen molar-refractivity contribution < 1.29 is 9.13 Å². The van der Waals surface area contributed by atoms with Crippen molar-refractivity contribution >= 4 is 16.7 Å². The number of rotatable bonds is 5. The second kappa shape index (κ2) is 8.66. The maximum absolute atomic E-state index is 14.6. The molecule has 0 spiro atoms. The first-order valence-corrected chi connectivity index (χ1v) is 11.9. The van der Waals surface area contributed by atoms with Gasteiger partial charge in [0.05, 0.1) is 24.2 Å². The van der Waals surface area contributed by atoms with Crippen molar-refractivity contribution in [3.63, 3.8) is 0 Å². The van der Waals surface area contributed by atoms with Crippen molar-refractivity contribution in [3.8, 4) is 17.2 Å². The molecule has 3 aliphatic rings. The average Bonchev–Trinajstić information content (AvgIpc) is 3.55. The zero-order valence-electron chi connectivity index (χ0n) is 17.7. The Hall–Kier alpha value is -2.33. The molecule has 4 nitrogen and oxygen atoms in total. The fourth-order valence-electron chi connectivity index (χ4n) is 4.41. The second-order valence-electron chi connectivity index (χ2n) is 8.61. The molecular weight excluding hydrogens is 409 g/mol. The number of ether oxygens (including phenoxy) is 1. The zero-order chi connectivity index (χ0) is 21.4. The summed E-state index contributed by atoms with van der Waals surface area (Å²) in [6.45, 7) is 2.48. The number of morpholine rings is 1. The van der Waals surface area contributed by atoms with Gasteiger partial charge < -0.3 is 15.0 Å². The van der Waals surface area contributed by atoms with E-state index in [-0.39, 0.29) is 11.7 Å². The monoisotopic (exact) mass is 435 g/mol. The molecule has 2 aliphatic heterocycles. The van der Waals surface area contributed by atoms with Crippen LogP contribution in [0.1, 0.15) is 41.0 Å². The highest BCUT2D eigenvalue weighted by Crippen LogP contribution is 2.47. The third-order valence-electron chi connectivity index (χ3n) is 6.15. The SMILES string of the molecule is CN1C=C(c2c(CC3CNCCO3)cc(C3CC3)cc2-c2ccc(C#N)c(F)c2)SC1. The molecule has 1 aliphatic carbocycles. The zero-order valence-corrected chi connectivity index (χ0v) is 18.5. The fourth-order valence-corrected chi connectivity index (χ4v) is 5.47. The summed E-state index contributed by atoms with van der Waals surface area (Å²) < 4.78 is 20.6. The van der Waals surface area contributed by atoms with Crippen molar-refractivity contribution in [1.82, 2.24) is 10.2 Å². The summed E-state index contributed by atoms with van der Waals surface area (Å²) in [4.78, 5) is 3.39. The number of hydrogen-bond acceptors (Lipinski definition) is 5. The normalized spacial score (nSPS) is 21.1. The smallest absolute Gasteiger partial charge is 0.141 e. The molecule has 2 fully saturated rings. The van der Waals surface area contributed by atoms with E-state index in [2.05, 4.69) is 35.6 Å². The van der Waals surface area contributed by atoms with E-state index in [1.54, 1.807) is 6.07 Å². The van der Waals surface area contributed by atoms with Crippen molar-refractivity contribution in [2.75, 3.05) is 32.6 Å². The molecule has 0 amide bonds. The van der Waals surface area contributed by atoms with Gasteiger partial charge in [0.15, 0.2) is 0 Å². The summed E-state index contributed by atoms with van der Waals surface area (Å²) in [6.07, 6.45) is 5.57. The van der Waals surface area contributed by atoms with Crippen LogP contribution in [0.4, 0.5) is 4.39 Å². The van der Waals surface area contributed by atoms with Gasteiger partial charge in [0.1, 0.15) is 11.9 Å². The molecule has 0 aromatic heterocycles. The topological polar surface area (TPSA) is 48.3 Å². The van der Waals surface area contributed by atoms with E-state index in [1.165, 1.54) is 40.5 Å². The highest BCUT2D eigenvalue weighted by atomic mass is 32.2. The summed E-state index contributed by atoms with van der Waals surface area (Å²) in [5.41, 5.74) is 5.75. The summed E-state index contributed by atoms with van der Waals surface area (Å²) in [5, 5.41) is 12.6. The highest BCUT2D eigenvalue weighted by molar-refractivity contribution is 8.08. The van der Waals surface area contributed by atoms with Gasteiger partial charge in [-0.3, -0.25) is 0 Å². The molecule has 1 saturated carbocycles. The first-order chi connectivity index (χ1) is 15.1. The van der Waals surface area contributed by atoms with Crippen LogP contribution in [0.2, 0.25) is 0 Å². The third kappa shape index (κ3) is 4.36. The Morgan fingerprint density at radius 1 is 1.29 bits per heavy atom. The number of halogens is 1. The van der Waals surface area contributed by atoms with E-state index in [1.807, 2.05) is 23.9 Å². The largest absolute Gasteiger partial charge is 0.375 e. The number of thioether (sulfide) groups is 1.